The van der Waals surface area contributed by atoms with Crippen LogP contribution in [0.15, 0.2) is 24.4 Å². The lowest BCUT2D eigenvalue weighted by Crippen LogP contribution is -1.94. The van der Waals surface area contributed by atoms with Gasteiger partial charge in [0.1, 0.15) is 6.07 Å². The molecule has 68 valence electrons. The zero-order chi connectivity index (χ0) is 10.1. The van der Waals surface area contributed by atoms with Gasteiger partial charge in [0.2, 0.25) is 0 Å². The Morgan fingerprint density at radius 3 is 2.93 bits per heavy atom. The number of nitriles is 1. The van der Waals surface area contributed by atoms with Crippen LogP contribution in [0.1, 0.15) is 5.56 Å². The molecule has 0 aliphatic carbocycles. The molecule has 3 nitrogen and oxygen atoms in total. The van der Waals surface area contributed by atoms with Crippen molar-refractivity contribution < 1.29 is 0 Å². The third kappa shape index (κ3) is 1.40. The summed E-state index contributed by atoms with van der Waals surface area (Å²) in [5.74, 6) is 0. The molecule has 2 N–H and O–H groups in total. The summed E-state index contributed by atoms with van der Waals surface area (Å²) in [4.78, 5) is 4.17. The number of halogens is 1. The SMILES string of the molecule is N#Cc1cnc2cc(I)ccc2c1N. The number of benzene rings is 1. The number of hydrogen-bond donors (Lipinski definition) is 1. The van der Waals surface area contributed by atoms with E-state index in [1.807, 2.05) is 24.3 Å². The first-order chi connectivity index (χ1) is 6.72. The van der Waals surface area contributed by atoms with Crippen LogP contribution in [-0.2, 0) is 0 Å². The molecule has 0 bridgehead atoms. The molecule has 2 aromatic rings. The predicted octanol–water partition coefficient (Wildman–Crippen LogP) is 2.29. The molecule has 2 rings (SSSR count). The van der Waals surface area contributed by atoms with E-state index in [4.69, 9.17) is 11.0 Å². The van der Waals surface area contributed by atoms with E-state index < -0.39 is 0 Å². The molecule has 0 amide bonds. The summed E-state index contributed by atoms with van der Waals surface area (Å²) in [6, 6.07) is 7.79. The third-order valence-corrected chi connectivity index (χ3v) is 2.66. The van der Waals surface area contributed by atoms with Gasteiger partial charge >= 0.3 is 0 Å². The molecule has 0 aliphatic rings. The fourth-order valence-corrected chi connectivity index (χ4v) is 1.75. The second kappa shape index (κ2) is 3.42. The number of rotatable bonds is 0. The lowest BCUT2D eigenvalue weighted by Gasteiger charge is -2.02. The number of pyridine rings is 1. The molecule has 0 radical (unpaired) electrons. The van der Waals surface area contributed by atoms with Gasteiger partial charge in [-0.2, -0.15) is 5.26 Å². The summed E-state index contributed by atoms with van der Waals surface area (Å²) in [5.41, 5.74) is 7.58. The highest BCUT2D eigenvalue weighted by Crippen LogP contribution is 2.23. The summed E-state index contributed by atoms with van der Waals surface area (Å²) in [6.07, 6.45) is 1.51. The van der Waals surface area contributed by atoms with Gasteiger partial charge in [-0.3, -0.25) is 4.98 Å². The monoisotopic (exact) mass is 295 g/mol. The Morgan fingerprint density at radius 2 is 2.21 bits per heavy atom. The van der Waals surface area contributed by atoms with E-state index in [9.17, 15) is 0 Å². The average Bonchev–Trinajstić information content (AvgIpc) is 2.18. The molecule has 1 heterocycles. The summed E-state index contributed by atoms with van der Waals surface area (Å²) >= 11 is 2.21. The molecule has 1 aromatic heterocycles. The van der Waals surface area contributed by atoms with Crippen molar-refractivity contribution in [3.63, 3.8) is 0 Å². The zero-order valence-corrected chi connectivity index (χ0v) is 9.32. The Kier molecular flexibility index (Phi) is 2.25. The second-order valence-electron chi connectivity index (χ2n) is 2.86. The van der Waals surface area contributed by atoms with Gasteiger partial charge in [0.15, 0.2) is 0 Å². The van der Waals surface area contributed by atoms with E-state index in [1.165, 1.54) is 6.20 Å². The molecule has 0 atom stereocenters. The van der Waals surface area contributed by atoms with E-state index in [1.54, 1.807) is 0 Å². The summed E-state index contributed by atoms with van der Waals surface area (Å²) in [6.45, 7) is 0. The smallest absolute Gasteiger partial charge is 0.103 e. The van der Waals surface area contributed by atoms with E-state index >= 15 is 0 Å². The molecule has 0 saturated carbocycles. The number of hydrogen-bond acceptors (Lipinski definition) is 3. The van der Waals surface area contributed by atoms with Crippen molar-refractivity contribution in [1.82, 2.24) is 4.98 Å². The first kappa shape index (κ1) is 9.21. The van der Waals surface area contributed by atoms with Gasteiger partial charge in [-0.25, -0.2) is 0 Å². The quantitative estimate of drug-likeness (QED) is 0.758. The highest BCUT2D eigenvalue weighted by molar-refractivity contribution is 14.1. The lowest BCUT2D eigenvalue weighted by atomic mass is 10.1. The molecule has 0 spiro atoms. The molecule has 0 unspecified atom stereocenters. The maximum Gasteiger partial charge on any atom is 0.103 e. The van der Waals surface area contributed by atoms with E-state index in [-0.39, 0.29) is 0 Å². The fourth-order valence-electron chi connectivity index (χ4n) is 1.28. The molecule has 0 saturated heterocycles. The second-order valence-corrected chi connectivity index (χ2v) is 4.10. The minimum absolute atomic E-state index is 0.429. The predicted molar refractivity (Wildman–Crippen MR) is 63.6 cm³/mol. The first-order valence-electron chi connectivity index (χ1n) is 3.96. The van der Waals surface area contributed by atoms with Crippen molar-refractivity contribution in [2.45, 2.75) is 0 Å². The number of nitrogen functional groups attached to an aromatic ring is 1. The van der Waals surface area contributed by atoms with Crippen LogP contribution >= 0.6 is 22.6 Å². The topological polar surface area (TPSA) is 62.7 Å². The van der Waals surface area contributed by atoms with Gasteiger partial charge in [-0.15, -0.1) is 0 Å². The van der Waals surface area contributed by atoms with Crippen molar-refractivity contribution in [2.24, 2.45) is 0 Å². The Bertz CT molecular complexity index is 543. The summed E-state index contributed by atoms with van der Waals surface area (Å²) < 4.78 is 1.10. The molecule has 0 fully saturated rings. The Balaban J connectivity index is 2.85. The van der Waals surface area contributed by atoms with Crippen molar-refractivity contribution in [2.75, 3.05) is 5.73 Å². The van der Waals surface area contributed by atoms with Crippen LogP contribution in [0, 0.1) is 14.9 Å². The van der Waals surface area contributed by atoms with E-state index in [0.717, 1.165) is 14.5 Å². The normalized spacial score (nSPS) is 10.0. The highest BCUT2D eigenvalue weighted by atomic mass is 127. The lowest BCUT2D eigenvalue weighted by molar-refractivity contribution is 1.37. The summed E-state index contributed by atoms with van der Waals surface area (Å²) in [5, 5.41) is 9.60. The first-order valence-corrected chi connectivity index (χ1v) is 5.04. The van der Waals surface area contributed by atoms with E-state index in [0.29, 0.717) is 11.3 Å². The van der Waals surface area contributed by atoms with Crippen LogP contribution in [0.5, 0.6) is 0 Å². The van der Waals surface area contributed by atoms with Gasteiger partial charge < -0.3 is 5.73 Å². The van der Waals surface area contributed by atoms with Crippen LogP contribution in [0.3, 0.4) is 0 Å². The number of anilines is 1. The van der Waals surface area contributed by atoms with Gasteiger partial charge in [0, 0.05) is 15.2 Å². The molecular weight excluding hydrogens is 289 g/mol. The molecule has 0 aliphatic heterocycles. The van der Waals surface area contributed by atoms with Crippen molar-refractivity contribution in [1.29, 1.82) is 5.26 Å². The summed E-state index contributed by atoms with van der Waals surface area (Å²) in [7, 11) is 0. The number of nitrogens with zero attached hydrogens (tertiary/aromatic N) is 2. The van der Waals surface area contributed by atoms with Crippen LogP contribution in [0.4, 0.5) is 5.69 Å². The van der Waals surface area contributed by atoms with Gasteiger partial charge in [0.05, 0.1) is 16.8 Å². The van der Waals surface area contributed by atoms with Crippen molar-refractivity contribution in [3.05, 3.63) is 33.5 Å². The Labute approximate surface area is 94.7 Å². The van der Waals surface area contributed by atoms with Gasteiger partial charge in [0.25, 0.3) is 0 Å². The number of aromatic nitrogens is 1. The zero-order valence-electron chi connectivity index (χ0n) is 7.16. The maximum absolute atomic E-state index is 8.76. The standard InChI is InChI=1S/C10H6IN3/c11-7-1-2-8-9(3-7)14-5-6(4-12)10(8)13/h1-3,5H,(H2,13,14). The largest absolute Gasteiger partial charge is 0.397 e. The number of fused-ring (bicyclic) bond motifs is 1. The highest BCUT2D eigenvalue weighted by Gasteiger charge is 2.04. The Hall–Kier alpha value is -1.35. The van der Waals surface area contributed by atoms with Gasteiger partial charge in [-0.05, 0) is 40.8 Å². The minimum Gasteiger partial charge on any atom is -0.397 e. The van der Waals surface area contributed by atoms with E-state index in [2.05, 4.69) is 27.6 Å². The van der Waals surface area contributed by atoms with Crippen molar-refractivity contribution in [3.8, 4) is 6.07 Å². The fraction of sp³-hybridized carbons (Fsp3) is 0. The maximum atomic E-state index is 8.76. The average molecular weight is 295 g/mol. The van der Waals surface area contributed by atoms with Crippen molar-refractivity contribution >= 4 is 39.2 Å². The van der Waals surface area contributed by atoms with Crippen LogP contribution in [0.2, 0.25) is 0 Å². The Morgan fingerprint density at radius 1 is 1.43 bits per heavy atom. The molecule has 4 heteroatoms. The van der Waals surface area contributed by atoms with Crippen LogP contribution < -0.4 is 5.73 Å². The van der Waals surface area contributed by atoms with Gasteiger partial charge in [-0.1, -0.05) is 0 Å². The molecular formula is C10H6IN3. The third-order valence-electron chi connectivity index (χ3n) is 1.99. The van der Waals surface area contributed by atoms with Crippen LogP contribution in [0.25, 0.3) is 10.9 Å². The number of nitrogens with two attached hydrogens (primary N) is 1. The molecule has 1 aromatic carbocycles. The van der Waals surface area contributed by atoms with Crippen LogP contribution in [-0.4, -0.2) is 4.98 Å². The minimum atomic E-state index is 0.429. The molecule has 14 heavy (non-hydrogen) atoms.